The van der Waals surface area contributed by atoms with Crippen molar-refractivity contribution in [3.8, 4) is 0 Å². The van der Waals surface area contributed by atoms with Gasteiger partial charge in [-0.2, -0.15) is 0 Å². The Morgan fingerprint density at radius 1 is 1.10 bits per heavy atom. The zero-order valence-electron chi connectivity index (χ0n) is 19.7. The van der Waals surface area contributed by atoms with Gasteiger partial charge in [-0.3, -0.25) is 9.69 Å². The molecule has 0 radical (unpaired) electrons. The van der Waals surface area contributed by atoms with Gasteiger partial charge < -0.3 is 16.0 Å². The number of hydrogen-bond acceptors (Lipinski definition) is 6. The number of fused-ring (bicyclic) bond motifs is 1. The molecular weight excluding hydrogens is 388 g/mol. The quantitative estimate of drug-likeness (QED) is 0.674. The van der Waals surface area contributed by atoms with Crippen LogP contribution in [0.4, 0.5) is 5.82 Å². The lowest BCUT2D eigenvalue weighted by molar-refractivity contribution is -0.119. The van der Waals surface area contributed by atoms with Crippen LogP contribution in [-0.2, 0) is 11.3 Å². The molecule has 0 bridgehead atoms. The molecule has 1 aromatic heterocycles. The zero-order chi connectivity index (χ0) is 22.6. The molecule has 0 saturated carbocycles. The van der Waals surface area contributed by atoms with Crippen LogP contribution in [-0.4, -0.2) is 64.4 Å². The maximum absolute atomic E-state index is 11.9. The van der Waals surface area contributed by atoms with Gasteiger partial charge in [0.15, 0.2) is 0 Å². The Balaban J connectivity index is 1.71. The molecular formula is C24H38N6O. The van der Waals surface area contributed by atoms with E-state index in [1.807, 2.05) is 38.1 Å². The molecule has 2 aromatic rings. The number of primary amides is 1. The first-order valence-corrected chi connectivity index (χ1v) is 11.4. The Hall–Kier alpha value is -2.25. The van der Waals surface area contributed by atoms with E-state index in [4.69, 9.17) is 15.7 Å². The van der Waals surface area contributed by atoms with Crippen LogP contribution >= 0.6 is 0 Å². The number of aromatic nitrogens is 2. The highest BCUT2D eigenvalue weighted by Crippen LogP contribution is 2.23. The molecule has 0 unspecified atom stereocenters. The molecule has 1 saturated heterocycles. The van der Waals surface area contributed by atoms with E-state index >= 15 is 0 Å². The van der Waals surface area contributed by atoms with Gasteiger partial charge >= 0.3 is 0 Å². The summed E-state index contributed by atoms with van der Waals surface area (Å²) in [5, 5.41) is 4.19. The van der Waals surface area contributed by atoms with Crippen LogP contribution in [0.25, 0.3) is 10.9 Å². The number of nitrogens with zero attached hydrogens (tertiary/aromatic N) is 4. The van der Waals surface area contributed by atoms with E-state index in [0.29, 0.717) is 17.8 Å². The minimum absolute atomic E-state index is 0.0656. The number of amides is 1. The average molecular weight is 427 g/mol. The minimum Gasteiger partial charge on any atom is -0.368 e. The molecule has 3 rings (SSSR count). The topological polar surface area (TPSA) is 87.4 Å². The molecule has 1 atom stereocenters. The van der Waals surface area contributed by atoms with Gasteiger partial charge in [-0.25, -0.2) is 9.97 Å². The van der Waals surface area contributed by atoms with E-state index in [1.54, 1.807) is 0 Å². The third-order valence-corrected chi connectivity index (χ3v) is 5.92. The first-order valence-electron chi connectivity index (χ1n) is 11.4. The lowest BCUT2D eigenvalue weighted by atomic mass is 9.92. The fraction of sp³-hybridized carbons (Fsp3) is 0.625. The van der Waals surface area contributed by atoms with Gasteiger partial charge in [0.25, 0.3) is 0 Å². The lowest BCUT2D eigenvalue weighted by Crippen LogP contribution is -2.46. The summed E-state index contributed by atoms with van der Waals surface area (Å²) in [7, 11) is 0. The molecule has 0 aliphatic carbocycles. The second-order valence-electron chi connectivity index (χ2n) is 10.2. The average Bonchev–Trinajstić information content (AvgIpc) is 2.70. The van der Waals surface area contributed by atoms with Crippen molar-refractivity contribution in [2.75, 3.05) is 38.0 Å². The van der Waals surface area contributed by atoms with Gasteiger partial charge in [0, 0.05) is 31.6 Å². The molecule has 7 heteroatoms. The van der Waals surface area contributed by atoms with Crippen molar-refractivity contribution in [2.24, 2.45) is 17.1 Å². The number of nitrogens with two attached hydrogens (primary N) is 1. The highest BCUT2D eigenvalue weighted by atomic mass is 16.1. The highest BCUT2D eigenvalue weighted by Gasteiger charge is 2.23. The summed E-state index contributed by atoms with van der Waals surface area (Å²) in [5.41, 5.74) is 6.88. The number of piperazine rings is 1. The number of nitrogens with one attached hydrogen (secondary N) is 1. The lowest BCUT2D eigenvalue weighted by Gasteiger charge is -2.35. The van der Waals surface area contributed by atoms with Crippen LogP contribution in [0.3, 0.4) is 0 Å². The van der Waals surface area contributed by atoms with Crippen molar-refractivity contribution < 1.29 is 4.79 Å². The molecule has 31 heavy (non-hydrogen) atoms. The normalized spacial score (nSPS) is 17.2. The minimum atomic E-state index is -0.475. The molecule has 3 N–H and O–H groups in total. The van der Waals surface area contributed by atoms with Crippen LogP contribution in [0.2, 0.25) is 0 Å². The molecule has 170 valence electrons. The first kappa shape index (κ1) is 23.4. The predicted octanol–water partition coefficient (Wildman–Crippen LogP) is 3.11. The van der Waals surface area contributed by atoms with Crippen molar-refractivity contribution in [3.63, 3.8) is 0 Å². The third kappa shape index (κ3) is 6.61. The summed E-state index contributed by atoms with van der Waals surface area (Å²) in [6.07, 6.45) is 1.21. The zero-order valence-corrected chi connectivity index (χ0v) is 19.7. The van der Waals surface area contributed by atoms with E-state index < -0.39 is 6.04 Å². The largest absolute Gasteiger partial charge is 0.368 e. The van der Waals surface area contributed by atoms with E-state index in [2.05, 4.69) is 35.9 Å². The van der Waals surface area contributed by atoms with E-state index in [9.17, 15) is 4.79 Å². The van der Waals surface area contributed by atoms with Gasteiger partial charge in [-0.1, -0.05) is 46.8 Å². The molecule has 7 nitrogen and oxygen atoms in total. The predicted molar refractivity (Wildman–Crippen MR) is 127 cm³/mol. The summed E-state index contributed by atoms with van der Waals surface area (Å²) in [5.74, 6) is 1.15. The number of carbonyl (C=O) groups excluding carboxylic acids is 1. The summed E-state index contributed by atoms with van der Waals surface area (Å²) in [6, 6.07) is 7.43. The summed E-state index contributed by atoms with van der Waals surface area (Å²) < 4.78 is 0. The van der Waals surface area contributed by atoms with Crippen LogP contribution in [0.15, 0.2) is 24.3 Å². The van der Waals surface area contributed by atoms with Crippen LogP contribution in [0, 0.1) is 11.3 Å². The number of carbonyl (C=O) groups is 1. The molecule has 1 aliphatic rings. The smallest absolute Gasteiger partial charge is 0.240 e. The number of anilines is 1. The Morgan fingerprint density at radius 2 is 1.74 bits per heavy atom. The van der Waals surface area contributed by atoms with Crippen molar-refractivity contribution >= 4 is 22.6 Å². The van der Waals surface area contributed by atoms with E-state index in [-0.39, 0.29) is 11.8 Å². The molecule has 2 heterocycles. The molecule has 0 spiro atoms. The molecule has 1 amide bonds. The fourth-order valence-corrected chi connectivity index (χ4v) is 3.88. The second kappa shape index (κ2) is 9.92. The maximum atomic E-state index is 11.9. The Labute approximate surface area is 186 Å². The standard InChI is InChI=1S/C24H38N6O/c1-17(2)21(22(25)31)28-23-18-8-6-7-9-19(18)26-20(27-23)16-30-14-12-29(13-15-30)11-10-24(3,4)5/h6-9,17,21H,10-16H2,1-5H3,(H2,25,31)(H,26,27,28)/t21-/m0/s1. The molecule has 1 aromatic carbocycles. The molecule has 1 fully saturated rings. The Kier molecular flexibility index (Phi) is 7.49. The SMILES string of the molecule is CC(C)[C@H](Nc1nc(CN2CCN(CCC(C)(C)C)CC2)nc2ccccc12)C(N)=O. The fourth-order valence-electron chi connectivity index (χ4n) is 3.88. The van der Waals surface area contributed by atoms with Crippen LogP contribution in [0.1, 0.15) is 46.9 Å². The van der Waals surface area contributed by atoms with Crippen molar-refractivity contribution in [1.29, 1.82) is 0 Å². The van der Waals surface area contributed by atoms with Gasteiger partial charge in [0.1, 0.15) is 17.7 Å². The van der Waals surface area contributed by atoms with E-state index in [1.165, 1.54) is 6.42 Å². The van der Waals surface area contributed by atoms with Gasteiger partial charge in [0.05, 0.1) is 12.1 Å². The first-order chi connectivity index (χ1) is 14.6. The Bertz CT molecular complexity index is 883. The molecule has 1 aliphatic heterocycles. The van der Waals surface area contributed by atoms with E-state index in [0.717, 1.165) is 49.5 Å². The van der Waals surface area contributed by atoms with Crippen LogP contribution < -0.4 is 11.1 Å². The summed E-state index contributed by atoms with van der Waals surface area (Å²) >= 11 is 0. The van der Waals surface area contributed by atoms with Crippen molar-refractivity contribution in [3.05, 3.63) is 30.1 Å². The summed E-state index contributed by atoms with van der Waals surface area (Å²) in [6.45, 7) is 16.9. The van der Waals surface area contributed by atoms with Crippen LogP contribution in [0.5, 0.6) is 0 Å². The summed E-state index contributed by atoms with van der Waals surface area (Å²) in [4.78, 5) is 26.5. The Morgan fingerprint density at radius 3 is 2.35 bits per heavy atom. The second-order valence-corrected chi connectivity index (χ2v) is 10.2. The highest BCUT2D eigenvalue weighted by molar-refractivity contribution is 5.91. The number of hydrogen-bond donors (Lipinski definition) is 2. The number of rotatable bonds is 8. The van der Waals surface area contributed by atoms with Gasteiger partial charge in [-0.15, -0.1) is 0 Å². The van der Waals surface area contributed by atoms with Crippen molar-refractivity contribution in [1.82, 2.24) is 19.8 Å². The van der Waals surface area contributed by atoms with Gasteiger partial charge in [0.2, 0.25) is 5.91 Å². The van der Waals surface area contributed by atoms with Gasteiger partial charge in [-0.05, 0) is 36.4 Å². The third-order valence-electron chi connectivity index (χ3n) is 5.92. The monoisotopic (exact) mass is 426 g/mol. The number of benzene rings is 1. The maximum Gasteiger partial charge on any atom is 0.240 e. The van der Waals surface area contributed by atoms with Crippen molar-refractivity contribution in [2.45, 2.75) is 53.6 Å². The number of para-hydroxylation sites is 1.